The second kappa shape index (κ2) is 7.53. The molecule has 1 saturated heterocycles. The molecule has 2 aliphatic carbocycles. The Morgan fingerprint density at radius 2 is 1.88 bits per heavy atom. The van der Waals surface area contributed by atoms with Crippen LogP contribution in [0.1, 0.15) is 35.1 Å². The maximum absolute atomic E-state index is 12.4. The van der Waals surface area contributed by atoms with Crippen LogP contribution in [-0.4, -0.2) is 43.0 Å². The molecule has 1 aliphatic heterocycles. The molecule has 0 radical (unpaired) electrons. The van der Waals surface area contributed by atoms with E-state index in [1.165, 1.54) is 47.0 Å². The molecular formula is C18H26N4O2S. The van der Waals surface area contributed by atoms with Gasteiger partial charge in [0.05, 0.1) is 19.0 Å². The van der Waals surface area contributed by atoms with E-state index in [0.717, 1.165) is 51.1 Å². The number of amides is 2. The lowest BCUT2D eigenvalue weighted by molar-refractivity contribution is 0.0297. The van der Waals surface area contributed by atoms with Crippen LogP contribution >= 0.6 is 11.9 Å². The third-order valence-corrected chi connectivity index (χ3v) is 6.32. The second-order valence-electron chi connectivity index (χ2n) is 7.07. The van der Waals surface area contributed by atoms with Gasteiger partial charge in [-0.1, -0.05) is 6.07 Å². The fourth-order valence-corrected chi connectivity index (χ4v) is 5.02. The van der Waals surface area contributed by atoms with Crippen LogP contribution in [0.5, 0.6) is 0 Å². The summed E-state index contributed by atoms with van der Waals surface area (Å²) < 4.78 is 2.98. The summed E-state index contributed by atoms with van der Waals surface area (Å²) in [6.45, 7) is 2.64. The number of aryl methyl sites for hydroxylation is 2. The average Bonchev–Trinajstić information content (AvgIpc) is 3.21. The molecular weight excluding hydrogens is 336 g/mol. The molecule has 1 heterocycles. The van der Waals surface area contributed by atoms with E-state index in [4.69, 9.17) is 4.84 Å². The molecule has 3 N–H and O–H groups in total. The van der Waals surface area contributed by atoms with Crippen LogP contribution < -0.4 is 15.5 Å². The average molecular weight is 362 g/mol. The highest BCUT2D eigenvalue weighted by Gasteiger charge is 2.28. The van der Waals surface area contributed by atoms with Crippen LogP contribution in [-0.2, 0) is 30.5 Å². The summed E-state index contributed by atoms with van der Waals surface area (Å²) in [5, 5.41) is 3.62. The zero-order valence-electron chi connectivity index (χ0n) is 14.7. The van der Waals surface area contributed by atoms with Gasteiger partial charge in [-0.05, 0) is 72.7 Å². The van der Waals surface area contributed by atoms with Crippen LogP contribution in [0.2, 0.25) is 0 Å². The summed E-state index contributed by atoms with van der Waals surface area (Å²) in [4.78, 5) is 19.5. The highest BCUT2D eigenvalue weighted by molar-refractivity contribution is 7.98. The minimum absolute atomic E-state index is 0.0899. The minimum atomic E-state index is -0.0899. The van der Waals surface area contributed by atoms with Gasteiger partial charge < -0.3 is 10.2 Å². The number of carbonyl (C=O) groups excluding carboxylic acids is 1. The van der Waals surface area contributed by atoms with Gasteiger partial charge >= 0.3 is 6.03 Å². The van der Waals surface area contributed by atoms with Crippen LogP contribution in [0.4, 0.5) is 10.5 Å². The number of benzene rings is 1. The highest BCUT2D eigenvalue weighted by Crippen LogP contribution is 2.38. The van der Waals surface area contributed by atoms with E-state index in [1.54, 1.807) is 7.11 Å². The third-order valence-electron chi connectivity index (χ3n) is 5.39. The monoisotopic (exact) mass is 362 g/mol. The number of nitrogens with zero attached hydrogens (tertiary/aromatic N) is 1. The summed E-state index contributed by atoms with van der Waals surface area (Å²) in [5.41, 5.74) is 9.59. The van der Waals surface area contributed by atoms with Crippen molar-refractivity contribution in [2.75, 3.05) is 32.2 Å². The first-order chi connectivity index (χ1) is 12.2. The van der Waals surface area contributed by atoms with Crippen molar-refractivity contribution < 1.29 is 9.63 Å². The maximum atomic E-state index is 12.4. The minimum Gasteiger partial charge on any atom is -0.307 e. The van der Waals surface area contributed by atoms with Gasteiger partial charge in [-0.3, -0.25) is 9.62 Å². The van der Waals surface area contributed by atoms with E-state index in [1.807, 2.05) is 0 Å². The molecule has 7 heteroatoms. The Morgan fingerprint density at radius 3 is 2.52 bits per heavy atom. The molecule has 6 nitrogen and oxygen atoms in total. The second-order valence-corrected chi connectivity index (χ2v) is 8.18. The van der Waals surface area contributed by atoms with Crippen molar-refractivity contribution in [2.45, 2.75) is 43.8 Å². The number of anilines is 1. The first-order valence-electron chi connectivity index (χ1n) is 9.12. The number of rotatable bonds is 6. The Morgan fingerprint density at radius 1 is 1.20 bits per heavy atom. The number of likely N-dealkylation sites (tertiary alicyclic amines) is 1. The molecule has 1 fully saturated rings. The van der Waals surface area contributed by atoms with Crippen LogP contribution in [0, 0.1) is 0 Å². The summed E-state index contributed by atoms with van der Waals surface area (Å²) in [6.07, 6.45) is 6.90. The van der Waals surface area contributed by atoms with E-state index in [2.05, 4.69) is 26.5 Å². The maximum Gasteiger partial charge on any atom is 0.329 e. The summed E-state index contributed by atoms with van der Waals surface area (Å²) in [6, 6.07) is 2.30. The van der Waals surface area contributed by atoms with Gasteiger partial charge in [-0.25, -0.2) is 4.79 Å². The third kappa shape index (κ3) is 3.65. The summed E-state index contributed by atoms with van der Waals surface area (Å²) >= 11 is 1.52. The topological polar surface area (TPSA) is 65.6 Å². The first kappa shape index (κ1) is 17.1. The molecule has 0 aromatic heterocycles. The zero-order chi connectivity index (χ0) is 17.2. The van der Waals surface area contributed by atoms with Gasteiger partial charge in [-0.2, -0.15) is 5.48 Å². The number of hydrogen-bond acceptors (Lipinski definition) is 5. The molecule has 0 saturated carbocycles. The zero-order valence-corrected chi connectivity index (χ0v) is 15.5. The Bertz CT molecular complexity index is 629. The largest absolute Gasteiger partial charge is 0.329 e. The molecule has 1 aromatic carbocycles. The molecule has 0 bridgehead atoms. The van der Waals surface area contributed by atoms with E-state index in [0.29, 0.717) is 5.25 Å². The summed E-state index contributed by atoms with van der Waals surface area (Å²) in [7, 11) is 1.62. The molecule has 0 spiro atoms. The number of hydroxylamine groups is 1. The molecule has 0 unspecified atom stereocenters. The molecule has 136 valence electrons. The van der Waals surface area contributed by atoms with Crippen molar-refractivity contribution in [3.05, 3.63) is 28.3 Å². The Kier molecular flexibility index (Phi) is 5.17. The standard InChI is InChI=1S/C18H26N4O2S/c1-24-19-11-22-9-14(10-22)25-21-18(23)20-17-15-6-2-4-12(15)8-13-5-3-7-16(13)17/h8,14,19H,2-7,9-11H2,1H3,(H2,20,21,23). The van der Waals surface area contributed by atoms with Crippen LogP contribution in [0.25, 0.3) is 0 Å². The number of urea groups is 1. The van der Waals surface area contributed by atoms with Crippen molar-refractivity contribution in [3.63, 3.8) is 0 Å². The molecule has 1 aromatic rings. The van der Waals surface area contributed by atoms with Crippen molar-refractivity contribution in [1.29, 1.82) is 0 Å². The van der Waals surface area contributed by atoms with Gasteiger partial charge in [0, 0.05) is 18.8 Å². The van der Waals surface area contributed by atoms with Crippen molar-refractivity contribution in [2.24, 2.45) is 0 Å². The van der Waals surface area contributed by atoms with Gasteiger partial charge in [0.15, 0.2) is 0 Å². The number of fused-ring (bicyclic) bond motifs is 2. The normalized spacial score (nSPS) is 19.4. The van der Waals surface area contributed by atoms with Crippen molar-refractivity contribution >= 4 is 23.7 Å². The van der Waals surface area contributed by atoms with Gasteiger partial charge in [0.1, 0.15) is 0 Å². The van der Waals surface area contributed by atoms with E-state index < -0.39 is 0 Å². The predicted octanol–water partition coefficient (Wildman–Crippen LogP) is 2.23. The molecule has 3 aliphatic rings. The Balaban J connectivity index is 1.32. The van der Waals surface area contributed by atoms with Gasteiger partial charge in [0.2, 0.25) is 0 Å². The first-order valence-corrected chi connectivity index (χ1v) is 10.00. The van der Waals surface area contributed by atoms with E-state index in [9.17, 15) is 4.79 Å². The van der Waals surface area contributed by atoms with Crippen LogP contribution in [0.15, 0.2) is 6.07 Å². The van der Waals surface area contributed by atoms with E-state index >= 15 is 0 Å². The fraction of sp³-hybridized carbons (Fsp3) is 0.611. The molecule has 0 atom stereocenters. The lowest BCUT2D eigenvalue weighted by atomic mass is 9.99. The van der Waals surface area contributed by atoms with Gasteiger partial charge in [-0.15, -0.1) is 0 Å². The quantitative estimate of drug-likeness (QED) is 0.535. The van der Waals surface area contributed by atoms with Crippen LogP contribution in [0.3, 0.4) is 0 Å². The smallest absolute Gasteiger partial charge is 0.307 e. The SMILES string of the molecule is CONCN1CC(SNC(=O)Nc2c3c(cc4c2CCC4)CCC3)C1. The lowest BCUT2D eigenvalue weighted by Crippen LogP contribution is -2.53. The molecule has 25 heavy (non-hydrogen) atoms. The number of nitrogens with one attached hydrogen (secondary N) is 3. The summed E-state index contributed by atoms with van der Waals surface area (Å²) in [5.74, 6) is 0. The predicted molar refractivity (Wildman–Crippen MR) is 101 cm³/mol. The molecule has 2 amide bonds. The Labute approximate surface area is 153 Å². The number of carbonyl (C=O) groups is 1. The number of hydrogen-bond donors (Lipinski definition) is 3. The van der Waals surface area contributed by atoms with Gasteiger partial charge in [0.25, 0.3) is 0 Å². The van der Waals surface area contributed by atoms with E-state index in [-0.39, 0.29) is 6.03 Å². The van der Waals surface area contributed by atoms with Crippen molar-refractivity contribution in [1.82, 2.24) is 15.1 Å². The Hall–Kier alpha value is -1.28. The molecule has 4 rings (SSSR count). The fourth-order valence-electron chi connectivity index (χ4n) is 4.13. The lowest BCUT2D eigenvalue weighted by Gasteiger charge is -2.38. The highest BCUT2D eigenvalue weighted by atomic mass is 32.2. The van der Waals surface area contributed by atoms with Crippen molar-refractivity contribution in [3.8, 4) is 0 Å².